The molecule has 18 heavy (non-hydrogen) atoms. The van der Waals surface area contributed by atoms with Crippen LogP contribution in [0, 0.1) is 0 Å². The number of phenols is 1. The van der Waals surface area contributed by atoms with Crippen molar-refractivity contribution < 1.29 is 9.90 Å². The number of Topliss-reactive ketones (excluding diaryl/α,β-unsaturated/α-hetero) is 1. The Morgan fingerprint density at radius 3 is 2.56 bits per heavy atom. The summed E-state index contributed by atoms with van der Waals surface area (Å²) < 4.78 is 0. The minimum absolute atomic E-state index is 0.0204. The lowest BCUT2D eigenvalue weighted by Crippen LogP contribution is -2.22. The highest BCUT2D eigenvalue weighted by Gasteiger charge is 2.24. The molecule has 2 aromatic carbocycles. The molecule has 1 heterocycles. The van der Waals surface area contributed by atoms with Gasteiger partial charge in [-0.15, -0.1) is 0 Å². The van der Waals surface area contributed by atoms with Crippen LogP contribution in [0.2, 0.25) is 0 Å². The van der Waals surface area contributed by atoms with Crippen molar-refractivity contribution in [2.24, 2.45) is 0 Å². The minimum atomic E-state index is -0.0204. The van der Waals surface area contributed by atoms with Gasteiger partial charge >= 0.3 is 0 Å². The summed E-state index contributed by atoms with van der Waals surface area (Å²) in [5, 5.41) is 12.6. The molecule has 0 bridgehead atoms. The molecule has 2 N–H and O–H groups in total. The van der Waals surface area contributed by atoms with Crippen molar-refractivity contribution in [2.45, 2.75) is 12.5 Å². The molecule has 1 unspecified atom stereocenters. The van der Waals surface area contributed by atoms with Gasteiger partial charge in [-0.05, 0) is 29.8 Å². The number of para-hydroxylation sites is 1. The summed E-state index contributed by atoms with van der Waals surface area (Å²) >= 11 is 0. The van der Waals surface area contributed by atoms with E-state index in [0.717, 1.165) is 16.8 Å². The largest absolute Gasteiger partial charge is 0.508 e. The fraction of sp³-hybridized carbons (Fsp3) is 0.133. The Labute approximate surface area is 105 Å². The van der Waals surface area contributed by atoms with E-state index in [1.165, 1.54) is 0 Å². The standard InChI is InChI=1S/C15H13NO2/c17-11-7-5-10(6-8-11)14-9-15(18)12-3-1-2-4-13(12)16-14/h1-8,14,16-17H,9H2. The molecule has 2 aromatic rings. The van der Waals surface area contributed by atoms with Crippen LogP contribution in [-0.4, -0.2) is 10.9 Å². The van der Waals surface area contributed by atoms with Gasteiger partial charge in [0.1, 0.15) is 5.75 Å². The molecule has 0 spiro atoms. The van der Waals surface area contributed by atoms with Crippen LogP contribution in [0.1, 0.15) is 28.4 Å². The van der Waals surface area contributed by atoms with Gasteiger partial charge in [0.25, 0.3) is 0 Å². The van der Waals surface area contributed by atoms with Crippen LogP contribution in [0.4, 0.5) is 5.69 Å². The molecule has 0 radical (unpaired) electrons. The molecule has 90 valence electrons. The number of hydrogen-bond donors (Lipinski definition) is 2. The normalized spacial score (nSPS) is 18.0. The smallest absolute Gasteiger partial charge is 0.167 e. The second-order valence-corrected chi connectivity index (χ2v) is 4.46. The topological polar surface area (TPSA) is 49.3 Å². The number of aromatic hydroxyl groups is 1. The van der Waals surface area contributed by atoms with E-state index in [1.54, 1.807) is 12.1 Å². The lowest BCUT2D eigenvalue weighted by atomic mass is 9.92. The quantitative estimate of drug-likeness (QED) is 0.803. The average Bonchev–Trinajstić information content (AvgIpc) is 2.39. The summed E-state index contributed by atoms with van der Waals surface area (Å²) in [5.74, 6) is 0.392. The van der Waals surface area contributed by atoms with E-state index >= 15 is 0 Å². The average molecular weight is 239 g/mol. The highest BCUT2D eigenvalue weighted by molar-refractivity contribution is 6.03. The Balaban J connectivity index is 1.94. The van der Waals surface area contributed by atoms with Crippen molar-refractivity contribution in [3.05, 3.63) is 59.7 Å². The number of carbonyl (C=O) groups excluding carboxylic acids is 1. The van der Waals surface area contributed by atoms with Crippen LogP contribution in [-0.2, 0) is 0 Å². The molecule has 3 heteroatoms. The van der Waals surface area contributed by atoms with Crippen molar-refractivity contribution in [1.29, 1.82) is 0 Å². The van der Waals surface area contributed by atoms with Crippen LogP contribution in [0.15, 0.2) is 48.5 Å². The summed E-state index contributed by atoms with van der Waals surface area (Å²) in [6.45, 7) is 0. The SMILES string of the molecule is O=C1CC(c2ccc(O)cc2)Nc2ccccc21. The Hall–Kier alpha value is -2.29. The monoisotopic (exact) mass is 239 g/mol. The molecule has 0 aliphatic carbocycles. The molecule has 3 rings (SSSR count). The van der Waals surface area contributed by atoms with Crippen LogP contribution < -0.4 is 5.32 Å². The zero-order valence-corrected chi connectivity index (χ0v) is 9.76. The van der Waals surface area contributed by atoms with Gasteiger partial charge in [-0.1, -0.05) is 24.3 Å². The Bertz CT molecular complexity index is 590. The van der Waals surface area contributed by atoms with Gasteiger partial charge in [0.15, 0.2) is 5.78 Å². The number of anilines is 1. The zero-order valence-electron chi connectivity index (χ0n) is 9.76. The first-order valence-corrected chi connectivity index (χ1v) is 5.92. The maximum Gasteiger partial charge on any atom is 0.167 e. The molecule has 0 saturated heterocycles. The van der Waals surface area contributed by atoms with Gasteiger partial charge in [-0.2, -0.15) is 0 Å². The summed E-state index contributed by atoms with van der Waals surface area (Å²) in [5.41, 5.74) is 2.65. The van der Waals surface area contributed by atoms with E-state index in [2.05, 4.69) is 5.32 Å². The molecule has 1 atom stereocenters. The van der Waals surface area contributed by atoms with E-state index in [-0.39, 0.29) is 17.6 Å². The van der Waals surface area contributed by atoms with Crippen LogP contribution >= 0.6 is 0 Å². The van der Waals surface area contributed by atoms with E-state index in [9.17, 15) is 9.90 Å². The van der Waals surface area contributed by atoms with Crippen molar-refractivity contribution >= 4 is 11.5 Å². The molecular formula is C15H13NO2. The van der Waals surface area contributed by atoms with Gasteiger partial charge in [-0.3, -0.25) is 4.79 Å². The number of phenolic OH excluding ortho intramolecular Hbond substituents is 1. The highest BCUT2D eigenvalue weighted by atomic mass is 16.3. The summed E-state index contributed by atoms with van der Waals surface area (Å²) in [4.78, 5) is 12.0. The maximum absolute atomic E-state index is 12.0. The molecule has 0 amide bonds. The second kappa shape index (κ2) is 4.18. The van der Waals surface area contributed by atoms with Crippen molar-refractivity contribution in [3.8, 4) is 5.75 Å². The first-order valence-electron chi connectivity index (χ1n) is 5.92. The van der Waals surface area contributed by atoms with Crippen molar-refractivity contribution in [3.63, 3.8) is 0 Å². The van der Waals surface area contributed by atoms with E-state index in [4.69, 9.17) is 0 Å². The van der Waals surface area contributed by atoms with E-state index < -0.39 is 0 Å². The lowest BCUT2D eigenvalue weighted by Gasteiger charge is -2.26. The molecule has 1 aliphatic heterocycles. The summed E-state index contributed by atoms with van der Waals surface area (Å²) in [6, 6.07) is 14.5. The van der Waals surface area contributed by atoms with Gasteiger partial charge in [0, 0.05) is 17.7 Å². The first-order chi connectivity index (χ1) is 8.74. The van der Waals surface area contributed by atoms with Crippen LogP contribution in [0.5, 0.6) is 5.75 Å². The summed E-state index contributed by atoms with van der Waals surface area (Å²) in [7, 11) is 0. The fourth-order valence-electron chi connectivity index (χ4n) is 2.29. The predicted octanol–water partition coefficient (Wildman–Crippen LogP) is 3.13. The molecule has 1 aliphatic rings. The molecule has 3 nitrogen and oxygen atoms in total. The van der Waals surface area contributed by atoms with Crippen molar-refractivity contribution in [2.75, 3.05) is 5.32 Å². The lowest BCUT2D eigenvalue weighted by molar-refractivity contribution is 0.0972. The summed E-state index contributed by atoms with van der Waals surface area (Å²) in [6.07, 6.45) is 0.446. The molecule has 0 saturated carbocycles. The van der Waals surface area contributed by atoms with Crippen LogP contribution in [0.3, 0.4) is 0 Å². The number of hydrogen-bond acceptors (Lipinski definition) is 3. The van der Waals surface area contributed by atoms with Gasteiger partial charge in [-0.25, -0.2) is 0 Å². The van der Waals surface area contributed by atoms with Crippen LogP contribution in [0.25, 0.3) is 0 Å². The molecule has 0 fully saturated rings. The number of nitrogens with one attached hydrogen (secondary N) is 1. The fourth-order valence-corrected chi connectivity index (χ4v) is 2.29. The third-order valence-electron chi connectivity index (χ3n) is 3.24. The third kappa shape index (κ3) is 1.84. The van der Waals surface area contributed by atoms with Gasteiger partial charge in [0.05, 0.1) is 6.04 Å². The number of benzene rings is 2. The Kier molecular flexibility index (Phi) is 2.52. The van der Waals surface area contributed by atoms with E-state index in [1.807, 2.05) is 36.4 Å². The third-order valence-corrected chi connectivity index (χ3v) is 3.24. The van der Waals surface area contributed by atoms with E-state index in [0.29, 0.717) is 6.42 Å². The number of fused-ring (bicyclic) bond motifs is 1. The Morgan fingerprint density at radius 1 is 1.06 bits per heavy atom. The highest BCUT2D eigenvalue weighted by Crippen LogP contribution is 2.32. The number of carbonyl (C=O) groups is 1. The molecular weight excluding hydrogens is 226 g/mol. The zero-order chi connectivity index (χ0) is 12.5. The van der Waals surface area contributed by atoms with Gasteiger partial charge < -0.3 is 10.4 Å². The number of rotatable bonds is 1. The van der Waals surface area contributed by atoms with Crippen molar-refractivity contribution in [1.82, 2.24) is 0 Å². The minimum Gasteiger partial charge on any atom is -0.508 e. The second-order valence-electron chi connectivity index (χ2n) is 4.46. The predicted molar refractivity (Wildman–Crippen MR) is 69.9 cm³/mol. The Morgan fingerprint density at radius 2 is 1.78 bits per heavy atom. The first kappa shape index (κ1) is 10.8. The molecule has 0 aromatic heterocycles. The maximum atomic E-state index is 12.0. The van der Waals surface area contributed by atoms with Gasteiger partial charge in [0.2, 0.25) is 0 Å². The number of ketones is 1.